The molecule has 0 saturated carbocycles. The predicted octanol–water partition coefficient (Wildman–Crippen LogP) is -0.957. The maximum absolute atomic E-state index is 13.2. The van der Waals surface area contributed by atoms with Gasteiger partial charge in [0.2, 0.25) is 5.60 Å². The maximum atomic E-state index is 13.2. The fraction of sp³-hybridized carbons (Fsp3) is 0.333. The number of nitrogen functional groups attached to an aromatic ring is 1. The highest BCUT2D eigenvalue weighted by molar-refractivity contribution is 7.84. The molecule has 42 heavy (non-hydrogen) atoms. The summed E-state index contributed by atoms with van der Waals surface area (Å²) in [4.78, 5) is 68.8. The number of nitrogens with one attached hydrogen (secondary N) is 2. The number of benzene rings is 1. The molecule has 0 aliphatic carbocycles. The molecule has 0 spiro atoms. The first-order valence-electron chi connectivity index (χ1n) is 11.5. The van der Waals surface area contributed by atoms with Gasteiger partial charge in [-0.3, -0.25) is 24.3 Å². The third-order valence-corrected chi connectivity index (χ3v) is 7.17. The number of primary amides is 1. The van der Waals surface area contributed by atoms with Gasteiger partial charge in [0.15, 0.2) is 10.8 Å². The second-order valence-electron chi connectivity index (χ2n) is 8.99. The Morgan fingerprint density at radius 3 is 2.45 bits per heavy atom. The van der Waals surface area contributed by atoms with E-state index in [1.807, 2.05) is 0 Å². The van der Waals surface area contributed by atoms with Crippen molar-refractivity contribution in [2.45, 2.75) is 38.1 Å². The number of urea groups is 1. The molecular formula is C21H24N8O11S2. The Hall–Kier alpha value is -4.89. The number of esters is 1. The number of hydrogen-bond donors (Lipinski definition) is 5. The molecule has 1 saturated heterocycles. The van der Waals surface area contributed by atoms with E-state index >= 15 is 0 Å². The Labute approximate surface area is 240 Å². The van der Waals surface area contributed by atoms with Gasteiger partial charge >= 0.3 is 22.3 Å². The van der Waals surface area contributed by atoms with E-state index in [1.165, 1.54) is 43.5 Å². The number of hydrogen-bond acceptors (Lipinski definition) is 14. The molecule has 1 aromatic carbocycles. The van der Waals surface area contributed by atoms with Gasteiger partial charge in [0.25, 0.3) is 17.5 Å². The number of nitro benzene ring substituents is 1. The minimum absolute atomic E-state index is 0.0214. The topological polar surface area (TPSA) is 289 Å². The minimum atomic E-state index is -5.04. The van der Waals surface area contributed by atoms with Gasteiger partial charge in [0.1, 0.15) is 18.3 Å². The van der Waals surface area contributed by atoms with Crippen LogP contribution in [0.15, 0.2) is 34.8 Å². The van der Waals surface area contributed by atoms with Crippen molar-refractivity contribution in [3.63, 3.8) is 0 Å². The second-order valence-corrected chi connectivity index (χ2v) is 11.2. The summed E-state index contributed by atoms with van der Waals surface area (Å²) in [6.07, 6.45) is 0. The molecule has 0 unspecified atom stereocenters. The van der Waals surface area contributed by atoms with Crippen molar-refractivity contribution in [1.82, 2.24) is 19.9 Å². The number of carbonyl (C=O) groups is 4. The Bertz CT molecular complexity index is 1540. The quantitative estimate of drug-likeness (QED) is 0.0473. The van der Waals surface area contributed by atoms with Gasteiger partial charge in [0.05, 0.1) is 11.0 Å². The number of nitrogens with two attached hydrogens (primary N) is 2. The molecule has 3 rings (SSSR count). The Morgan fingerprint density at radius 1 is 1.29 bits per heavy atom. The number of ether oxygens (including phenoxy) is 1. The molecule has 2 atom stereocenters. The van der Waals surface area contributed by atoms with Crippen molar-refractivity contribution in [2.24, 2.45) is 10.9 Å². The molecule has 2 aromatic rings. The van der Waals surface area contributed by atoms with E-state index < -0.39 is 69.0 Å². The molecule has 19 nitrogen and oxygen atoms in total. The Kier molecular flexibility index (Phi) is 9.28. The first-order valence-corrected chi connectivity index (χ1v) is 13.8. The van der Waals surface area contributed by atoms with Crippen LogP contribution >= 0.6 is 11.3 Å². The summed E-state index contributed by atoms with van der Waals surface area (Å²) in [5, 5.41) is 20.2. The lowest BCUT2D eigenvalue weighted by atomic mass is 9.98. The molecule has 0 radical (unpaired) electrons. The lowest BCUT2D eigenvalue weighted by molar-refractivity contribution is -0.384. The standard InChI is InChI=1S/C21H24N8O11S2/c1-21(2,18(32)39-8-10-3-5-11(6-4-10)29(34)35)40-27-14(12-9-41-20(23)25-12)16(30)26-15-13(7-24-19(22)33)28(17(15)31)42(36,37)38/h3-6,9,13,15H,7-8H2,1-2H3,(H2,23,25)(H,26,30)(H3,22,24,33)(H,36,37,38)/b27-14-/t13-,15+/m0/s1. The van der Waals surface area contributed by atoms with Crippen molar-refractivity contribution in [1.29, 1.82) is 0 Å². The average molecular weight is 629 g/mol. The molecule has 1 aliphatic rings. The zero-order valence-electron chi connectivity index (χ0n) is 21.7. The van der Waals surface area contributed by atoms with E-state index in [1.54, 1.807) is 0 Å². The SMILES string of the molecule is CC(C)(O/N=C(\C(=O)N[C@H]1C(=O)N(S(=O)(=O)O)[C@H]1CNC(N)=O)c1csc(N)n1)C(=O)OCc1ccc([N+](=O)[O-])cc1. The normalized spacial score (nSPS) is 17.2. The van der Waals surface area contributed by atoms with Crippen LogP contribution in [-0.4, -0.2) is 80.9 Å². The maximum Gasteiger partial charge on any atom is 0.362 e. The number of carbonyl (C=O) groups excluding carboxylic acids is 4. The lowest BCUT2D eigenvalue weighted by Gasteiger charge is -2.44. The minimum Gasteiger partial charge on any atom is -0.458 e. The van der Waals surface area contributed by atoms with Crippen molar-refractivity contribution >= 4 is 62.0 Å². The summed E-state index contributed by atoms with van der Waals surface area (Å²) in [5.74, 6) is -3.28. The number of anilines is 1. The van der Waals surface area contributed by atoms with E-state index in [0.717, 1.165) is 11.3 Å². The summed E-state index contributed by atoms with van der Waals surface area (Å²) >= 11 is 0.921. The van der Waals surface area contributed by atoms with Crippen LogP contribution in [0.4, 0.5) is 15.6 Å². The van der Waals surface area contributed by atoms with E-state index in [4.69, 9.17) is 21.0 Å². The molecule has 4 amide bonds. The molecule has 226 valence electrons. The third kappa shape index (κ3) is 7.44. The van der Waals surface area contributed by atoms with Crippen LogP contribution in [-0.2, 0) is 40.9 Å². The number of rotatable bonds is 12. The first-order chi connectivity index (χ1) is 19.5. The number of aromatic nitrogens is 1. The van der Waals surface area contributed by atoms with Gasteiger partial charge < -0.3 is 31.7 Å². The molecule has 1 aromatic heterocycles. The molecule has 2 heterocycles. The molecule has 21 heteroatoms. The van der Waals surface area contributed by atoms with Crippen molar-refractivity contribution in [3.05, 3.63) is 51.0 Å². The summed E-state index contributed by atoms with van der Waals surface area (Å²) in [7, 11) is -5.04. The van der Waals surface area contributed by atoms with Gasteiger partial charge in [0, 0.05) is 24.1 Å². The molecule has 0 bridgehead atoms. The van der Waals surface area contributed by atoms with Crippen molar-refractivity contribution in [3.8, 4) is 0 Å². The summed E-state index contributed by atoms with van der Waals surface area (Å²) in [6, 6.07) is 1.18. The van der Waals surface area contributed by atoms with Crippen LogP contribution in [0.2, 0.25) is 0 Å². The van der Waals surface area contributed by atoms with Gasteiger partial charge in [-0.1, -0.05) is 5.16 Å². The predicted molar refractivity (Wildman–Crippen MR) is 143 cm³/mol. The number of thiazole rings is 1. The van der Waals surface area contributed by atoms with Gasteiger partial charge in [-0.15, -0.1) is 11.3 Å². The van der Waals surface area contributed by atoms with E-state index in [9.17, 15) is 42.3 Å². The van der Waals surface area contributed by atoms with E-state index in [2.05, 4.69) is 20.8 Å². The number of non-ortho nitro benzene ring substituents is 1. The fourth-order valence-corrected chi connectivity index (χ4v) is 4.84. The monoisotopic (exact) mass is 628 g/mol. The molecular weight excluding hydrogens is 604 g/mol. The molecule has 1 aliphatic heterocycles. The smallest absolute Gasteiger partial charge is 0.362 e. The van der Waals surface area contributed by atoms with Crippen LogP contribution in [0.5, 0.6) is 0 Å². The first kappa shape index (κ1) is 31.6. The fourth-order valence-electron chi connectivity index (χ4n) is 3.41. The zero-order chi connectivity index (χ0) is 31.4. The zero-order valence-corrected chi connectivity index (χ0v) is 23.4. The summed E-state index contributed by atoms with van der Waals surface area (Å²) < 4.78 is 37.8. The number of amides is 4. The van der Waals surface area contributed by atoms with E-state index in [-0.39, 0.29) is 27.4 Å². The second kappa shape index (κ2) is 12.3. The van der Waals surface area contributed by atoms with Crippen LogP contribution < -0.4 is 22.1 Å². The highest BCUT2D eigenvalue weighted by Gasteiger charge is 2.54. The summed E-state index contributed by atoms with van der Waals surface area (Å²) in [6.45, 7) is 1.72. The Morgan fingerprint density at radius 2 is 1.93 bits per heavy atom. The number of nitrogens with zero attached hydrogens (tertiary/aromatic N) is 4. The average Bonchev–Trinajstić information content (AvgIpc) is 3.32. The van der Waals surface area contributed by atoms with Crippen LogP contribution in [0.3, 0.4) is 0 Å². The van der Waals surface area contributed by atoms with Gasteiger partial charge in [-0.25, -0.2) is 18.9 Å². The van der Waals surface area contributed by atoms with Crippen LogP contribution in [0.25, 0.3) is 0 Å². The van der Waals surface area contributed by atoms with Gasteiger partial charge in [-0.2, -0.15) is 8.42 Å². The van der Waals surface area contributed by atoms with Crippen LogP contribution in [0, 0.1) is 10.1 Å². The van der Waals surface area contributed by atoms with Crippen molar-refractivity contribution in [2.75, 3.05) is 12.3 Å². The highest BCUT2D eigenvalue weighted by atomic mass is 32.2. The Balaban J connectivity index is 1.77. The summed E-state index contributed by atoms with van der Waals surface area (Å²) in [5.41, 5.74) is 8.43. The van der Waals surface area contributed by atoms with Crippen LogP contribution in [0.1, 0.15) is 25.1 Å². The third-order valence-electron chi connectivity index (χ3n) is 5.54. The number of β-lactam (4-membered cyclic amide) rings is 1. The van der Waals surface area contributed by atoms with E-state index in [0.29, 0.717) is 5.56 Å². The largest absolute Gasteiger partial charge is 0.458 e. The van der Waals surface area contributed by atoms with Crippen molar-refractivity contribution < 1.29 is 46.6 Å². The van der Waals surface area contributed by atoms with Gasteiger partial charge in [-0.05, 0) is 31.5 Å². The molecule has 7 N–H and O–H groups in total. The lowest BCUT2D eigenvalue weighted by Crippen LogP contribution is -2.74. The number of nitro groups is 1. The highest BCUT2D eigenvalue weighted by Crippen LogP contribution is 2.24. The molecule has 1 fully saturated rings. The number of oxime groups is 1.